The quantitative estimate of drug-likeness (QED) is 0.664. The molecule has 0 bridgehead atoms. The van der Waals surface area contributed by atoms with Gasteiger partial charge < -0.3 is 9.80 Å². The second-order valence-corrected chi connectivity index (χ2v) is 3.84. The zero-order chi connectivity index (χ0) is 10.7. The molecule has 1 fully saturated rings. The Bertz CT molecular complexity index is 345. The van der Waals surface area contributed by atoms with Crippen molar-refractivity contribution in [3.8, 4) is 0 Å². The van der Waals surface area contributed by atoms with Gasteiger partial charge in [-0.15, -0.1) is 0 Å². The van der Waals surface area contributed by atoms with Crippen LogP contribution in [0, 0.1) is 0 Å². The van der Waals surface area contributed by atoms with E-state index >= 15 is 0 Å². The first-order valence-electron chi connectivity index (χ1n) is 5.14. The van der Waals surface area contributed by atoms with Crippen molar-refractivity contribution in [3.05, 3.63) is 24.0 Å². The fourth-order valence-corrected chi connectivity index (χ4v) is 1.81. The standard InChI is InChI=1S/C11H15N3O/c1-13-4-6-14(7-5-13)11-8-12-3-2-10(11)9-15/h2-3,8-9H,4-7H2,1H3. The van der Waals surface area contributed by atoms with E-state index in [4.69, 9.17) is 0 Å². The molecule has 1 aliphatic rings. The third-order valence-corrected chi connectivity index (χ3v) is 2.80. The highest BCUT2D eigenvalue weighted by Crippen LogP contribution is 2.18. The minimum Gasteiger partial charge on any atom is -0.367 e. The van der Waals surface area contributed by atoms with Crippen LogP contribution in [0.2, 0.25) is 0 Å². The summed E-state index contributed by atoms with van der Waals surface area (Å²) in [5, 5.41) is 0. The van der Waals surface area contributed by atoms with Gasteiger partial charge in [0.2, 0.25) is 0 Å². The van der Waals surface area contributed by atoms with Gasteiger partial charge in [0, 0.05) is 37.9 Å². The smallest absolute Gasteiger partial charge is 0.152 e. The fraction of sp³-hybridized carbons (Fsp3) is 0.455. The number of hydrogen-bond donors (Lipinski definition) is 0. The maximum absolute atomic E-state index is 10.9. The van der Waals surface area contributed by atoms with Crippen molar-refractivity contribution >= 4 is 12.0 Å². The SMILES string of the molecule is CN1CCN(c2cnccc2C=O)CC1. The molecule has 0 atom stereocenters. The van der Waals surface area contributed by atoms with Crippen molar-refractivity contribution in [2.45, 2.75) is 0 Å². The lowest BCUT2D eigenvalue weighted by Gasteiger charge is -2.34. The summed E-state index contributed by atoms with van der Waals surface area (Å²) in [7, 11) is 2.11. The van der Waals surface area contributed by atoms with Crippen LogP contribution in [0.1, 0.15) is 10.4 Å². The Morgan fingerprint density at radius 1 is 1.33 bits per heavy atom. The van der Waals surface area contributed by atoms with Crippen LogP contribution in [0.25, 0.3) is 0 Å². The van der Waals surface area contributed by atoms with Gasteiger partial charge in [-0.2, -0.15) is 0 Å². The average Bonchev–Trinajstić information content (AvgIpc) is 2.30. The van der Waals surface area contributed by atoms with Gasteiger partial charge in [-0.3, -0.25) is 9.78 Å². The van der Waals surface area contributed by atoms with E-state index in [1.165, 1.54) is 0 Å². The molecule has 1 aromatic rings. The molecule has 0 spiro atoms. The lowest BCUT2D eigenvalue weighted by atomic mass is 10.2. The molecule has 2 rings (SSSR count). The van der Waals surface area contributed by atoms with Crippen LogP contribution in [-0.2, 0) is 0 Å². The number of nitrogens with zero attached hydrogens (tertiary/aromatic N) is 3. The summed E-state index contributed by atoms with van der Waals surface area (Å²) in [6.07, 6.45) is 4.33. The van der Waals surface area contributed by atoms with Gasteiger partial charge in [-0.05, 0) is 13.1 Å². The molecule has 0 saturated carbocycles. The van der Waals surface area contributed by atoms with E-state index in [0.717, 1.165) is 43.7 Å². The first kappa shape index (κ1) is 10.1. The molecule has 0 aromatic carbocycles. The van der Waals surface area contributed by atoms with Crippen LogP contribution >= 0.6 is 0 Å². The molecule has 0 radical (unpaired) electrons. The number of hydrogen-bond acceptors (Lipinski definition) is 4. The molecule has 0 N–H and O–H groups in total. The Labute approximate surface area is 89.5 Å². The van der Waals surface area contributed by atoms with E-state index in [0.29, 0.717) is 0 Å². The van der Waals surface area contributed by atoms with E-state index in [2.05, 4.69) is 21.8 Å². The van der Waals surface area contributed by atoms with Crippen LogP contribution in [0.3, 0.4) is 0 Å². The Morgan fingerprint density at radius 3 is 2.73 bits per heavy atom. The van der Waals surface area contributed by atoms with Crippen LogP contribution in [0.5, 0.6) is 0 Å². The maximum Gasteiger partial charge on any atom is 0.152 e. The van der Waals surface area contributed by atoms with Crippen molar-refractivity contribution in [2.75, 3.05) is 38.1 Å². The zero-order valence-corrected chi connectivity index (χ0v) is 8.89. The third-order valence-electron chi connectivity index (χ3n) is 2.80. The fourth-order valence-electron chi connectivity index (χ4n) is 1.81. The topological polar surface area (TPSA) is 36.4 Å². The lowest BCUT2D eigenvalue weighted by Crippen LogP contribution is -2.44. The Hall–Kier alpha value is -1.42. The number of rotatable bonds is 2. The summed E-state index contributed by atoms with van der Waals surface area (Å²) in [5.74, 6) is 0. The van der Waals surface area contributed by atoms with E-state index in [9.17, 15) is 4.79 Å². The van der Waals surface area contributed by atoms with Crippen LogP contribution < -0.4 is 4.90 Å². The van der Waals surface area contributed by atoms with Gasteiger partial charge in [0.05, 0.1) is 11.9 Å². The molecule has 1 aromatic heterocycles. The normalized spacial score (nSPS) is 17.8. The molecule has 4 nitrogen and oxygen atoms in total. The van der Waals surface area contributed by atoms with Crippen molar-refractivity contribution in [1.29, 1.82) is 0 Å². The third kappa shape index (κ3) is 2.15. The summed E-state index contributed by atoms with van der Waals surface area (Å²) in [4.78, 5) is 19.4. The van der Waals surface area contributed by atoms with Crippen molar-refractivity contribution in [1.82, 2.24) is 9.88 Å². The summed E-state index contributed by atoms with van der Waals surface area (Å²) in [6, 6.07) is 1.76. The first-order chi connectivity index (χ1) is 7.31. The number of carbonyl (C=O) groups excluding carboxylic acids is 1. The molecule has 80 valence electrons. The van der Waals surface area contributed by atoms with Gasteiger partial charge in [0.1, 0.15) is 0 Å². The summed E-state index contributed by atoms with van der Waals surface area (Å²) >= 11 is 0. The van der Waals surface area contributed by atoms with Crippen molar-refractivity contribution in [3.63, 3.8) is 0 Å². The maximum atomic E-state index is 10.9. The lowest BCUT2D eigenvalue weighted by molar-refractivity contribution is 0.112. The molecule has 0 unspecified atom stereocenters. The number of pyridine rings is 1. The van der Waals surface area contributed by atoms with E-state index in [1.54, 1.807) is 18.5 Å². The van der Waals surface area contributed by atoms with E-state index in [-0.39, 0.29) is 0 Å². The molecular formula is C11H15N3O. The largest absolute Gasteiger partial charge is 0.367 e. The molecular weight excluding hydrogens is 190 g/mol. The first-order valence-corrected chi connectivity index (χ1v) is 5.14. The molecule has 2 heterocycles. The van der Waals surface area contributed by atoms with Gasteiger partial charge in [-0.1, -0.05) is 0 Å². The molecule has 1 aliphatic heterocycles. The van der Waals surface area contributed by atoms with Gasteiger partial charge >= 0.3 is 0 Å². The van der Waals surface area contributed by atoms with E-state index < -0.39 is 0 Å². The summed E-state index contributed by atoms with van der Waals surface area (Å²) < 4.78 is 0. The second kappa shape index (κ2) is 4.40. The molecule has 4 heteroatoms. The number of likely N-dealkylation sites (N-methyl/N-ethyl adjacent to an activating group) is 1. The predicted molar refractivity (Wildman–Crippen MR) is 59.3 cm³/mol. The second-order valence-electron chi connectivity index (χ2n) is 3.84. The molecule has 15 heavy (non-hydrogen) atoms. The highest BCUT2D eigenvalue weighted by atomic mass is 16.1. The Morgan fingerprint density at radius 2 is 2.07 bits per heavy atom. The number of aromatic nitrogens is 1. The van der Waals surface area contributed by atoms with E-state index in [1.807, 2.05) is 0 Å². The minimum absolute atomic E-state index is 0.731. The Balaban J connectivity index is 2.18. The Kier molecular flexibility index (Phi) is 2.97. The molecule has 0 aliphatic carbocycles. The number of carbonyl (C=O) groups is 1. The summed E-state index contributed by atoms with van der Waals surface area (Å²) in [5.41, 5.74) is 1.69. The predicted octanol–water partition coefficient (Wildman–Crippen LogP) is 0.646. The minimum atomic E-state index is 0.731. The van der Waals surface area contributed by atoms with Crippen LogP contribution in [-0.4, -0.2) is 49.4 Å². The van der Waals surface area contributed by atoms with Crippen molar-refractivity contribution in [2.24, 2.45) is 0 Å². The zero-order valence-electron chi connectivity index (χ0n) is 8.89. The number of piperazine rings is 1. The highest BCUT2D eigenvalue weighted by molar-refractivity contribution is 5.84. The van der Waals surface area contributed by atoms with Gasteiger partial charge in [0.15, 0.2) is 6.29 Å². The van der Waals surface area contributed by atoms with Gasteiger partial charge in [0.25, 0.3) is 0 Å². The number of aldehydes is 1. The summed E-state index contributed by atoms with van der Waals surface area (Å²) in [6.45, 7) is 3.99. The highest BCUT2D eigenvalue weighted by Gasteiger charge is 2.16. The number of anilines is 1. The van der Waals surface area contributed by atoms with Crippen LogP contribution in [0.15, 0.2) is 18.5 Å². The monoisotopic (exact) mass is 205 g/mol. The van der Waals surface area contributed by atoms with Crippen molar-refractivity contribution < 1.29 is 4.79 Å². The van der Waals surface area contributed by atoms with Crippen LogP contribution in [0.4, 0.5) is 5.69 Å². The van der Waals surface area contributed by atoms with Gasteiger partial charge in [-0.25, -0.2) is 0 Å². The molecule has 1 saturated heterocycles. The molecule has 0 amide bonds. The average molecular weight is 205 g/mol.